The van der Waals surface area contributed by atoms with E-state index < -0.39 is 18.1 Å². The van der Waals surface area contributed by atoms with Crippen LogP contribution in [0.2, 0.25) is 0 Å². The number of carbonyl (C=O) groups excluding carboxylic acids is 2. The SMILES string of the molecule is Cc1ncsc1-c1ccc(CNC(=O)[C@@H]2C[C@@H](O)CN2C(=O)[C@@H](c2cc(N3CCN(CCN4CC(c5cc6cc(-c7ccccc7O)nnc6[nH]5)C4)CC3)no2)C(C)C)cc1. The highest BCUT2D eigenvalue weighted by Crippen LogP contribution is 2.35. The molecule has 0 spiro atoms. The minimum Gasteiger partial charge on any atom is -0.507 e. The number of aryl methyl sites for hydroxylation is 1. The van der Waals surface area contributed by atoms with Crippen molar-refractivity contribution in [1.29, 1.82) is 0 Å². The number of carbonyl (C=O) groups is 2. The number of aliphatic hydroxyl groups is 1. The van der Waals surface area contributed by atoms with Crippen LogP contribution in [0.1, 0.15) is 54.8 Å². The first-order valence-corrected chi connectivity index (χ1v) is 22.0. The number of nitrogens with zero attached hydrogens (tertiary/aromatic N) is 8. The normalized spacial score (nSPS) is 19.5. The number of hydrogen-bond acceptors (Lipinski definition) is 13. The summed E-state index contributed by atoms with van der Waals surface area (Å²) in [6.07, 6.45) is -0.611. The Bertz CT molecular complexity index is 2490. The van der Waals surface area contributed by atoms with Crippen molar-refractivity contribution in [2.75, 3.05) is 63.8 Å². The fourth-order valence-corrected chi connectivity index (χ4v) is 9.69. The Morgan fingerprint density at radius 2 is 1.74 bits per heavy atom. The van der Waals surface area contributed by atoms with Crippen molar-refractivity contribution in [3.05, 3.63) is 95.0 Å². The number of aromatic nitrogens is 5. The number of H-pyrrole nitrogens is 1. The zero-order valence-electron chi connectivity index (χ0n) is 34.7. The molecular weight excluding hydrogens is 793 g/mol. The molecule has 16 heteroatoms. The lowest BCUT2D eigenvalue weighted by atomic mass is 9.91. The van der Waals surface area contributed by atoms with E-state index in [0.717, 1.165) is 90.8 Å². The lowest BCUT2D eigenvalue weighted by Gasteiger charge is -2.41. The summed E-state index contributed by atoms with van der Waals surface area (Å²) in [5.74, 6) is 0.481. The summed E-state index contributed by atoms with van der Waals surface area (Å²) in [5.41, 5.74) is 8.09. The number of rotatable bonds is 13. The number of benzene rings is 2. The predicted octanol–water partition coefficient (Wildman–Crippen LogP) is 4.99. The molecule has 0 aliphatic carbocycles. The van der Waals surface area contributed by atoms with Gasteiger partial charge in [0.15, 0.2) is 17.2 Å². The van der Waals surface area contributed by atoms with Crippen LogP contribution in [0.25, 0.3) is 32.7 Å². The van der Waals surface area contributed by atoms with E-state index in [1.54, 1.807) is 23.5 Å². The number of likely N-dealkylation sites (tertiary alicyclic amines) is 2. The summed E-state index contributed by atoms with van der Waals surface area (Å²) >= 11 is 1.60. The third-order valence-electron chi connectivity index (χ3n) is 12.5. The highest BCUT2D eigenvalue weighted by Gasteiger charge is 2.43. The largest absolute Gasteiger partial charge is 0.507 e. The average Bonchev–Trinajstić information content (AvgIpc) is 4.07. The van der Waals surface area contributed by atoms with Crippen LogP contribution in [0.3, 0.4) is 0 Å². The summed E-state index contributed by atoms with van der Waals surface area (Å²) < 4.78 is 5.87. The van der Waals surface area contributed by atoms with Crippen LogP contribution in [-0.4, -0.2) is 133 Å². The second kappa shape index (κ2) is 17.4. The number of phenols is 1. The molecular formula is C45H52N10O5S. The summed E-state index contributed by atoms with van der Waals surface area (Å²) in [6.45, 7) is 13.6. The van der Waals surface area contributed by atoms with Gasteiger partial charge in [0.25, 0.3) is 0 Å². The fraction of sp³-hybridized carbons (Fsp3) is 0.422. The maximum absolute atomic E-state index is 14.2. The number of piperazine rings is 1. The van der Waals surface area contributed by atoms with Crippen LogP contribution < -0.4 is 10.2 Å². The Kier molecular flexibility index (Phi) is 11.6. The molecule has 4 aromatic heterocycles. The number of nitrogens with one attached hydrogen (secondary N) is 2. The van der Waals surface area contributed by atoms with E-state index in [0.29, 0.717) is 35.3 Å². The number of fused-ring (bicyclic) bond motifs is 1. The number of hydrogen-bond donors (Lipinski definition) is 4. The quantitative estimate of drug-likeness (QED) is 0.123. The number of amides is 2. The number of thiazole rings is 1. The number of anilines is 1. The molecule has 61 heavy (non-hydrogen) atoms. The van der Waals surface area contributed by atoms with Crippen LogP contribution >= 0.6 is 11.3 Å². The zero-order chi connectivity index (χ0) is 42.2. The number of β-amino-alcohol motifs (C(OH)–C–C–N with tert-alkyl or cyclic N) is 1. The molecule has 318 valence electrons. The van der Waals surface area contributed by atoms with Crippen LogP contribution in [0, 0.1) is 12.8 Å². The van der Waals surface area contributed by atoms with Gasteiger partial charge in [-0.1, -0.05) is 55.4 Å². The number of aliphatic hydroxyl groups excluding tert-OH is 1. The molecule has 0 unspecified atom stereocenters. The minimum atomic E-state index is -0.792. The molecule has 3 aliphatic heterocycles. The summed E-state index contributed by atoms with van der Waals surface area (Å²) in [4.78, 5) is 45.3. The number of aromatic hydroxyl groups is 1. The maximum Gasteiger partial charge on any atom is 0.243 e. The summed E-state index contributed by atoms with van der Waals surface area (Å²) in [6, 6.07) is 20.4. The zero-order valence-corrected chi connectivity index (χ0v) is 35.5. The maximum atomic E-state index is 14.2. The second-order valence-electron chi connectivity index (χ2n) is 16.9. The van der Waals surface area contributed by atoms with Crippen LogP contribution in [0.4, 0.5) is 5.82 Å². The molecule has 3 fully saturated rings. The van der Waals surface area contributed by atoms with Gasteiger partial charge in [0.2, 0.25) is 11.8 Å². The van der Waals surface area contributed by atoms with Gasteiger partial charge in [-0.15, -0.1) is 21.5 Å². The Labute approximate surface area is 358 Å². The van der Waals surface area contributed by atoms with E-state index in [1.165, 1.54) is 4.90 Å². The van der Waals surface area contributed by atoms with Gasteiger partial charge in [0, 0.05) is 100 Å². The van der Waals surface area contributed by atoms with Crippen molar-refractivity contribution in [2.24, 2.45) is 5.92 Å². The van der Waals surface area contributed by atoms with Gasteiger partial charge < -0.3 is 39.7 Å². The second-order valence-corrected chi connectivity index (χ2v) is 17.8. The van der Waals surface area contributed by atoms with Crippen molar-refractivity contribution >= 4 is 40.0 Å². The molecule has 4 N–H and O–H groups in total. The Morgan fingerprint density at radius 1 is 0.967 bits per heavy atom. The van der Waals surface area contributed by atoms with Crippen molar-refractivity contribution in [2.45, 2.75) is 57.7 Å². The van der Waals surface area contributed by atoms with E-state index >= 15 is 0 Å². The Morgan fingerprint density at radius 3 is 2.48 bits per heavy atom. The van der Waals surface area contributed by atoms with E-state index in [4.69, 9.17) is 4.52 Å². The molecule has 2 aromatic carbocycles. The standard InChI is InChI=1S/C45H52N10O5S/c1-27(2)41(45(59)55-25-33(56)20-37(55)44(58)46-22-29-8-10-30(11-9-29)42-28(3)47-26-61-42)39-21-40(51-60-39)54-16-14-52(15-17-54)12-13-53-23-32(24-53)35-18-31-19-36(49-50-43(31)48-35)34-6-4-5-7-38(34)57/h4-11,18-19,21,26-27,32-33,37,41,56-57H,12-17,20,22-25H2,1-3H3,(H,46,58)(H,48,50)/t33-,37+,41-/m1/s1. The number of para-hydroxylation sites is 1. The molecule has 3 saturated heterocycles. The molecule has 0 saturated carbocycles. The highest BCUT2D eigenvalue weighted by molar-refractivity contribution is 7.13. The van der Waals surface area contributed by atoms with Crippen LogP contribution in [0.15, 0.2) is 76.8 Å². The first kappa shape index (κ1) is 40.7. The van der Waals surface area contributed by atoms with Crippen LogP contribution in [0.5, 0.6) is 5.75 Å². The molecule has 6 aromatic rings. The number of aromatic amines is 1. The van der Waals surface area contributed by atoms with Crippen molar-refractivity contribution in [1.82, 2.24) is 45.3 Å². The smallest absolute Gasteiger partial charge is 0.243 e. The van der Waals surface area contributed by atoms with Gasteiger partial charge >= 0.3 is 0 Å². The van der Waals surface area contributed by atoms with E-state index in [-0.39, 0.29) is 36.4 Å². The lowest BCUT2D eigenvalue weighted by Crippen LogP contribution is -2.52. The van der Waals surface area contributed by atoms with Gasteiger partial charge in [0.05, 0.1) is 27.9 Å². The molecule has 0 radical (unpaired) electrons. The van der Waals surface area contributed by atoms with Gasteiger partial charge in [-0.05, 0) is 48.2 Å². The number of phenolic OH excluding ortho intramolecular Hbond substituents is 1. The summed E-state index contributed by atoms with van der Waals surface area (Å²) in [7, 11) is 0. The Hall–Kier alpha value is -5.68. The highest BCUT2D eigenvalue weighted by atomic mass is 32.1. The van der Waals surface area contributed by atoms with Crippen molar-refractivity contribution < 1.29 is 24.3 Å². The van der Waals surface area contributed by atoms with Crippen LogP contribution in [-0.2, 0) is 16.1 Å². The van der Waals surface area contributed by atoms with E-state index in [1.807, 2.05) is 74.8 Å². The molecule has 7 heterocycles. The van der Waals surface area contributed by atoms with Gasteiger partial charge in [0.1, 0.15) is 17.7 Å². The third kappa shape index (κ3) is 8.62. The Balaban J connectivity index is 0.744. The predicted molar refractivity (Wildman–Crippen MR) is 233 cm³/mol. The van der Waals surface area contributed by atoms with Crippen molar-refractivity contribution in [3.8, 4) is 27.4 Å². The van der Waals surface area contributed by atoms with E-state index in [9.17, 15) is 19.8 Å². The summed E-state index contributed by atoms with van der Waals surface area (Å²) in [5, 5.41) is 38.0. The molecule has 3 atom stereocenters. The van der Waals surface area contributed by atoms with Gasteiger partial charge in [-0.25, -0.2) is 4.98 Å². The minimum absolute atomic E-state index is 0.0883. The molecule has 2 amide bonds. The third-order valence-corrected chi connectivity index (χ3v) is 13.4. The molecule has 0 bridgehead atoms. The van der Waals surface area contributed by atoms with E-state index in [2.05, 4.69) is 51.4 Å². The lowest BCUT2D eigenvalue weighted by molar-refractivity contribution is -0.141. The van der Waals surface area contributed by atoms with Crippen molar-refractivity contribution in [3.63, 3.8) is 0 Å². The molecule has 9 rings (SSSR count). The fourth-order valence-electron chi connectivity index (χ4n) is 8.88. The first-order valence-electron chi connectivity index (χ1n) is 21.1. The molecule has 3 aliphatic rings. The first-order chi connectivity index (χ1) is 29.6. The van der Waals surface area contributed by atoms with Gasteiger partial charge in [-0.2, -0.15) is 0 Å². The molecule has 15 nitrogen and oxygen atoms in total. The van der Waals surface area contributed by atoms with Gasteiger partial charge in [-0.3, -0.25) is 14.5 Å². The average molecular weight is 845 g/mol. The topological polar surface area (TPSA) is 180 Å². The monoisotopic (exact) mass is 844 g/mol.